The van der Waals surface area contributed by atoms with Crippen LogP contribution in [0.3, 0.4) is 0 Å². The van der Waals surface area contributed by atoms with Crippen molar-refractivity contribution in [2.45, 2.75) is 24.2 Å². The van der Waals surface area contributed by atoms with E-state index >= 15 is 0 Å². The zero-order chi connectivity index (χ0) is 11.2. The number of rotatable bonds is 6. The zero-order valence-electron chi connectivity index (χ0n) is 8.48. The molecule has 0 heterocycles. The van der Waals surface area contributed by atoms with Crippen molar-refractivity contribution in [3.05, 3.63) is 0 Å². The van der Waals surface area contributed by atoms with Gasteiger partial charge in [0, 0.05) is 27.8 Å². The maximum atomic E-state index is 11.8. The lowest BCUT2D eigenvalue weighted by Gasteiger charge is -2.28. The Morgan fingerprint density at radius 3 is 1.71 bits per heavy atom. The Hall–Kier alpha value is -0.113. The molecule has 0 aliphatic carbocycles. The van der Waals surface area contributed by atoms with E-state index in [0.29, 0.717) is 0 Å². The Balaban J connectivity index is 3.95. The first-order valence-electron chi connectivity index (χ1n) is 4.11. The van der Waals surface area contributed by atoms with Crippen LogP contribution in [0.15, 0.2) is 0 Å². The first-order chi connectivity index (χ1) is 6.39. The molecule has 0 atom stereocenters. The molecule has 0 aliphatic heterocycles. The summed E-state index contributed by atoms with van der Waals surface area (Å²) in [5, 5.41) is 0. The molecule has 0 unspecified atom stereocenters. The smallest absolute Gasteiger partial charge is 0.335 e. The molecule has 0 saturated carbocycles. The van der Waals surface area contributed by atoms with Gasteiger partial charge in [-0.2, -0.15) is 13.2 Å². The van der Waals surface area contributed by atoms with E-state index < -0.39 is 27.7 Å². The molecule has 0 radical (unpaired) electrons. The molecule has 0 rings (SSSR count). The Kier molecular flexibility index (Phi) is 5.65. The molecule has 0 fully saturated rings. The van der Waals surface area contributed by atoms with E-state index in [1.165, 1.54) is 21.3 Å². The van der Waals surface area contributed by atoms with Crippen LogP contribution in [0.5, 0.6) is 0 Å². The summed E-state index contributed by atoms with van der Waals surface area (Å²) in [6.45, 7) is 0. The summed E-state index contributed by atoms with van der Waals surface area (Å²) in [5.74, 6) is 0. The van der Waals surface area contributed by atoms with E-state index in [0.717, 1.165) is 0 Å². The summed E-state index contributed by atoms with van der Waals surface area (Å²) in [5.41, 5.74) is -1.22. The second kappa shape index (κ2) is 5.69. The second-order valence-electron chi connectivity index (χ2n) is 2.76. The number of ether oxygens (including phenoxy) is 3. The second-order valence-corrected chi connectivity index (χ2v) is 4.84. The van der Waals surface area contributed by atoms with Gasteiger partial charge < -0.3 is 14.2 Å². The molecule has 7 heteroatoms. The largest absolute Gasteiger partial charge is 0.388 e. The normalized spacial score (nSPS) is 14.1. The summed E-state index contributed by atoms with van der Waals surface area (Å²) < 4.78 is 50.2. The van der Waals surface area contributed by atoms with Gasteiger partial charge in [0.2, 0.25) is 5.60 Å². The summed E-state index contributed by atoms with van der Waals surface area (Å²) in [6.07, 6.45) is -4.93. The highest BCUT2D eigenvalue weighted by Crippen LogP contribution is 2.23. The molecule has 14 heavy (non-hydrogen) atoms. The average Bonchev–Trinajstić information content (AvgIpc) is 2.11. The van der Waals surface area contributed by atoms with Crippen LogP contribution in [0.25, 0.3) is 0 Å². The van der Waals surface area contributed by atoms with E-state index in [2.05, 4.69) is 0 Å². The van der Waals surface area contributed by atoms with Gasteiger partial charge in [-0.3, -0.25) is 0 Å². The van der Waals surface area contributed by atoms with Crippen molar-refractivity contribution in [3.63, 3.8) is 0 Å². The quantitative estimate of drug-likeness (QED) is 0.506. The lowest BCUT2D eigenvalue weighted by Crippen LogP contribution is -2.42. The third-order valence-corrected chi connectivity index (χ3v) is 4.06. The minimum Gasteiger partial charge on any atom is -0.335 e. The average molecular weight is 232 g/mol. The van der Waals surface area contributed by atoms with Crippen molar-refractivity contribution in [3.8, 4) is 0 Å². The molecule has 86 valence electrons. The number of methoxy groups -OCH3 is 3. The van der Waals surface area contributed by atoms with Crippen molar-refractivity contribution < 1.29 is 27.4 Å². The standard InChI is InChI=1S/C7H15F3O3Si/c1-11-7(12-2,13-3)14-5-4-6(8,9)10/h4-5,14H2,1-3H3. The minimum atomic E-state index is -4.12. The van der Waals surface area contributed by atoms with Gasteiger partial charge in [0.05, 0.1) is 0 Å². The van der Waals surface area contributed by atoms with Gasteiger partial charge in [-0.1, -0.05) is 0 Å². The molecule has 0 aromatic heterocycles. The van der Waals surface area contributed by atoms with Gasteiger partial charge in [0.15, 0.2) is 0 Å². The Bertz CT molecular complexity index is 150. The SMILES string of the molecule is COC(OC)(OC)[SiH2]CCC(F)(F)F. The molecular formula is C7H15F3O3Si. The molecule has 0 aromatic carbocycles. The maximum absolute atomic E-state index is 11.8. The van der Waals surface area contributed by atoms with Crippen LogP contribution in [0.2, 0.25) is 6.04 Å². The van der Waals surface area contributed by atoms with Gasteiger partial charge in [-0.15, -0.1) is 0 Å². The summed E-state index contributed by atoms with van der Waals surface area (Å²) in [6, 6.07) is 0.0407. The monoisotopic (exact) mass is 232 g/mol. The van der Waals surface area contributed by atoms with E-state index in [9.17, 15) is 13.2 Å². The third kappa shape index (κ3) is 4.94. The van der Waals surface area contributed by atoms with Crippen LogP contribution in [-0.4, -0.2) is 42.6 Å². The Labute approximate surface area is 83.3 Å². The number of halogens is 3. The predicted octanol–water partition coefficient (Wildman–Crippen LogP) is 1.08. The Morgan fingerprint density at radius 1 is 1.00 bits per heavy atom. The summed E-state index contributed by atoms with van der Waals surface area (Å²) >= 11 is 0. The van der Waals surface area contributed by atoms with Crippen molar-refractivity contribution >= 4 is 9.52 Å². The van der Waals surface area contributed by atoms with Gasteiger partial charge in [-0.25, -0.2) is 0 Å². The third-order valence-electron chi connectivity index (χ3n) is 1.88. The fourth-order valence-electron chi connectivity index (χ4n) is 1.06. The summed E-state index contributed by atoms with van der Waals surface area (Å²) in [7, 11) is 2.82. The fourth-order valence-corrected chi connectivity index (χ4v) is 2.68. The van der Waals surface area contributed by atoms with Crippen molar-refractivity contribution in [1.82, 2.24) is 0 Å². The van der Waals surface area contributed by atoms with Crippen LogP contribution in [0.1, 0.15) is 6.42 Å². The van der Waals surface area contributed by atoms with Crippen LogP contribution >= 0.6 is 0 Å². The molecule has 0 spiro atoms. The van der Waals surface area contributed by atoms with E-state index in [4.69, 9.17) is 14.2 Å². The van der Waals surface area contributed by atoms with Crippen LogP contribution in [0.4, 0.5) is 13.2 Å². The van der Waals surface area contributed by atoms with Gasteiger partial charge in [0.25, 0.3) is 0 Å². The molecule has 0 aliphatic rings. The van der Waals surface area contributed by atoms with Crippen LogP contribution in [-0.2, 0) is 14.2 Å². The maximum Gasteiger partial charge on any atom is 0.388 e. The highest BCUT2D eigenvalue weighted by Gasteiger charge is 2.33. The predicted molar refractivity (Wildman–Crippen MR) is 47.8 cm³/mol. The van der Waals surface area contributed by atoms with E-state index in [1.807, 2.05) is 0 Å². The minimum absolute atomic E-state index is 0.0407. The molecule has 0 amide bonds. The lowest BCUT2D eigenvalue weighted by atomic mass is 10.5. The van der Waals surface area contributed by atoms with Crippen molar-refractivity contribution in [1.29, 1.82) is 0 Å². The highest BCUT2D eigenvalue weighted by atomic mass is 28.2. The Morgan fingerprint density at radius 2 is 1.43 bits per heavy atom. The molecule has 0 bridgehead atoms. The first-order valence-corrected chi connectivity index (χ1v) is 5.82. The fraction of sp³-hybridized carbons (Fsp3) is 1.00. The van der Waals surface area contributed by atoms with E-state index in [-0.39, 0.29) is 6.04 Å². The first kappa shape index (κ1) is 13.9. The van der Waals surface area contributed by atoms with Gasteiger partial charge in [0.1, 0.15) is 9.52 Å². The van der Waals surface area contributed by atoms with Crippen LogP contribution < -0.4 is 0 Å². The van der Waals surface area contributed by atoms with Crippen molar-refractivity contribution in [2.75, 3.05) is 21.3 Å². The highest BCUT2D eigenvalue weighted by molar-refractivity contribution is 6.38. The summed E-state index contributed by atoms with van der Waals surface area (Å²) in [4.78, 5) is 0. The van der Waals surface area contributed by atoms with Crippen LogP contribution in [0, 0.1) is 0 Å². The van der Waals surface area contributed by atoms with Gasteiger partial charge >= 0.3 is 6.18 Å². The zero-order valence-corrected chi connectivity index (χ0v) is 9.89. The number of alkyl halides is 3. The van der Waals surface area contributed by atoms with Crippen molar-refractivity contribution in [2.24, 2.45) is 0 Å². The van der Waals surface area contributed by atoms with E-state index in [1.54, 1.807) is 0 Å². The van der Waals surface area contributed by atoms with Gasteiger partial charge in [-0.05, 0) is 6.04 Å². The number of hydrogen-bond donors (Lipinski definition) is 0. The lowest BCUT2D eigenvalue weighted by molar-refractivity contribution is -0.295. The number of hydrogen-bond acceptors (Lipinski definition) is 3. The molecule has 0 N–H and O–H groups in total. The molecular weight excluding hydrogens is 217 g/mol. The molecule has 0 aromatic rings. The topological polar surface area (TPSA) is 27.7 Å². The molecule has 0 saturated heterocycles. The molecule has 3 nitrogen and oxygen atoms in total.